The fraction of sp³-hybridized carbons (Fsp3) is 0.308. The monoisotopic (exact) mass is 431 g/mol. The Morgan fingerprint density at radius 2 is 1.54 bits per heavy atom. The van der Waals surface area contributed by atoms with Crippen LogP contribution in [0, 0.1) is 5.92 Å². The Kier molecular flexibility index (Phi) is 4.35. The average Bonchev–Trinajstić information content (AvgIpc) is 3.18. The lowest BCUT2D eigenvalue weighted by Gasteiger charge is -2.39. The van der Waals surface area contributed by atoms with E-state index < -0.39 is 0 Å². The van der Waals surface area contributed by atoms with Gasteiger partial charge in [0.2, 0.25) is 0 Å². The van der Waals surface area contributed by atoms with Crippen molar-refractivity contribution in [2.45, 2.75) is 30.6 Å². The number of benzene rings is 3. The minimum absolute atomic E-state index is 0.111. The number of likely N-dealkylation sites (N-methyl/N-ethyl adjacent to an activating group) is 1. The Balaban J connectivity index is 1.75. The van der Waals surface area contributed by atoms with E-state index in [1.54, 1.807) is 0 Å². The van der Waals surface area contributed by atoms with Crippen LogP contribution in [0.1, 0.15) is 41.9 Å². The number of hydrogen-bond acceptors (Lipinski definition) is 1. The van der Waals surface area contributed by atoms with Crippen LogP contribution >= 0.6 is 15.9 Å². The first-order valence-corrected chi connectivity index (χ1v) is 11.0. The van der Waals surface area contributed by atoms with E-state index in [9.17, 15) is 0 Å². The Bertz CT molecular complexity index is 981. The summed E-state index contributed by atoms with van der Waals surface area (Å²) < 4.78 is 1.15. The molecule has 4 atom stereocenters. The van der Waals surface area contributed by atoms with Gasteiger partial charge >= 0.3 is 0 Å². The lowest BCUT2D eigenvalue weighted by atomic mass is 9.64. The highest BCUT2D eigenvalue weighted by Crippen LogP contribution is 2.64. The summed E-state index contributed by atoms with van der Waals surface area (Å²) in [6, 6.07) is 29.4. The summed E-state index contributed by atoms with van der Waals surface area (Å²) in [5.41, 5.74) is 6.00. The summed E-state index contributed by atoms with van der Waals surface area (Å²) in [4.78, 5) is 2.48. The highest BCUT2D eigenvalue weighted by Gasteiger charge is 2.59. The largest absolute Gasteiger partial charge is 0.373 e. The van der Waals surface area contributed by atoms with E-state index in [4.69, 9.17) is 0 Å². The number of anilines is 1. The zero-order valence-corrected chi connectivity index (χ0v) is 18.1. The van der Waals surface area contributed by atoms with E-state index in [1.165, 1.54) is 28.8 Å². The van der Waals surface area contributed by atoms with E-state index >= 15 is 0 Å². The van der Waals surface area contributed by atoms with Crippen LogP contribution in [0.25, 0.3) is 0 Å². The summed E-state index contributed by atoms with van der Waals surface area (Å²) in [5, 5.41) is 0. The number of fused-ring (bicyclic) bond motifs is 2. The second-order valence-electron chi connectivity index (χ2n) is 8.62. The lowest BCUT2D eigenvalue weighted by Crippen LogP contribution is -2.39. The number of rotatable bonds is 2. The topological polar surface area (TPSA) is 3.24 Å². The molecule has 2 heteroatoms. The van der Waals surface area contributed by atoms with Crippen molar-refractivity contribution in [1.29, 1.82) is 0 Å². The van der Waals surface area contributed by atoms with E-state index in [0.717, 1.165) is 11.0 Å². The second kappa shape index (κ2) is 6.77. The third-order valence-electron chi connectivity index (χ3n) is 7.10. The van der Waals surface area contributed by atoms with Gasteiger partial charge in [0.1, 0.15) is 0 Å². The van der Waals surface area contributed by atoms with Gasteiger partial charge in [0, 0.05) is 29.2 Å². The molecule has 1 saturated carbocycles. The first kappa shape index (κ1) is 18.0. The van der Waals surface area contributed by atoms with Gasteiger partial charge in [-0.3, -0.25) is 0 Å². The van der Waals surface area contributed by atoms with Gasteiger partial charge in [-0.05, 0) is 59.1 Å². The van der Waals surface area contributed by atoms with Gasteiger partial charge in [-0.1, -0.05) is 83.5 Å². The van der Waals surface area contributed by atoms with Crippen LogP contribution < -0.4 is 4.90 Å². The fourth-order valence-electron chi connectivity index (χ4n) is 6.18. The predicted molar refractivity (Wildman–Crippen MR) is 121 cm³/mol. The number of nitrogens with zero attached hydrogens (tertiary/aromatic N) is 1. The standard InChI is InChI=1S/C26H26BrN/c1-18-16-23(19-8-4-3-5-9-19)26(25(18)20-12-14-21(27)15-13-20)17-28(2)24-11-7-6-10-22(24)26/h3-15,18,23,25H,16-17H2,1-2H3. The summed E-state index contributed by atoms with van der Waals surface area (Å²) in [6.45, 7) is 3.54. The maximum atomic E-state index is 3.62. The number of hydrogen-bond donors (Lipinski definition) is 0. The molecular weight excluding hydrogens is 406 g/mol. The van der Waals surface area contributed by atoms with Crippen molar-refractivity contribution in [3.63, 3.8) is 0 Å². The lowest BCUT2D eigenvalue weighted by molar-refractivity contribution is 0.356. The molecule has 142 valence electrons. The van der Waals surface area contributed by atoms with Crippen molar-refractivity contribution in [2.75, 3.05) is 18.5 Å². The second-order valence-corrected chi connectivity index (χ2v) is 9.53. The molecule has 0 radical (unpaired) electrons. The molecule has 28 heavy (non-hydrogen) atoms. The van der Waals surface area contributed by atoms with Gasteiger partial charge < -0.3 is 4.90 Å². The molecule has 1 fully saturated rings. The van der Waals surface area contributed by atoms with Crippen molar-refractivity contribution in [3.8, 4) is 0 Å². The molecule has 4 unspecified atom stereocenters. The minimum Gasteiger partial charge on any atom is -0.373 e. The van der Waals surface area contributed by atoms with Gasteiger partial charge in [-0.15, -0.1) is 0 Å². The summed E-state index contributed by atoms with van der Waals surface area (Å²) >= 11 is 3.62. The van der Waals surface area contributed by atoms with Crippen LogP contribution in [-0.2, 0) is 5.41 Å². The molecule has 1 aliphatic carbocycles. The third kappa shape index (κ3) is 2.58. The van der Waals surface area contributed by atoms with Crippen LogP contribution in [0.5, 0.6) is 0 Å². The smallest absolute Gasteiger partial charge is 0.0403 e. The molecule has 0 bridgehead atoms. The normalized spacial score (nSPS) is 28.7. The first-order chi connectivity index (χ1) is 13.6. The number of para-hydroxylation sites is 1. The Morgan fingerprint density at radius 3 is 2.29 bits per heavy atom. The van der Waals surface area contributed by atoms with Gasteiger partial charge in [0.25, 0.3) is 0 Å². The Labute approximate surface area is 176 Å². The van der Waals surface area contributed by atoms with Crippen molar-refractivity contribution >= 4 is 21.6 Å². The average molecular weight is 432 g/mol. The molecule has 5 rings (SSSR count). The summed E-state index contributed by atoms with van der Waals surface area (Å²) in [7, 11) is 2.26. The van der Waals surface area contributed by atoms with E-state index in [-0.39, 0.29) is 5.41 Å². The van der Waals surface area contributed by atoms with Gasteiger partial charge in [0.05, 0.1) is 0 Å². The summed E-state index contributed by atoms with van der Waals surface area (Å²) in [5.74, 6) is 1.67. The highest BCUT2D eigenvalue weighted by molar-refractivity contribution is 9.10. The Morgan fingerprint density at radius 1 is 0.857 bits per heavy atom. The first-order valence-electron chi connectivity index (χ1n) is 10.2. The number of halogens is 1. The molecule has 0 N–H and O–H groups in total. The maximum absolute atomic E-state index is 3.62. The molecule has 3 aromatic carbocycles. The van der Waals surface area contributed by atoms with Gasteiger partial charge in [-0.2, -0.15) is 0 Å². The van der Waals surface area contributed by atoms with E-state index in [2.05, 4.69) is 114 Å². The van der Waals surface area contributed by atoms with Crippen LogP contribution in [0.3, 0.4) is 0 Å². The van der Waals surface area contributed by atoms with Crippen LogP contribution in [0.15, 0.2) is 83.3 Å². The van der Waals surface area contributed by atoms with Gasteiger partial charge in [0.15, 0.2) is 0 Å². The van der Waals surface area contributed by atoms with Crippen molar-refractivity contribution in [1.82, 2.24) is 0 Å². The maximum Gasteiger partial charge on any atom is 0.0403 e. The third-order valence-corrected chi connectivity index (χ3v) is 7.63. The van der Waals surface area contributed by atoms with Crippen molar-refractivity contribution < 1.29 is 0 Å². The highest BCUT2D eigenvalue weighted by atomic mass is 79.9. The van der Waals surface area contributed by atoms with Crippen LogP contribution in [0.4, 0.5) is 5.69 Å². The fourth-order valence-corrected chi connectivity index (χ4v) is 6.45. The van der Waals surface area contributed by atoms with Crippen molar-refractivity contribution in [2.24, 2.45) is 5.92 Å². The molecule has 0 amide bonds. The molecular formula is C26H26BrN. The van der Waals surface area contributed by atoms with Gasteiger partial charge in [-0.25, -0.2) is 0 Å². The SMILES string of the molecule is CC1CC(c2ccccc2)C2(CN(C)c3ccccc32)C1c1ccc(Br)cc1. The zero-order valence-electron chi connectivity index (χ0n) is 16.5. The predicted octanol–water partition coefficient (Wildman–Crippen LogP) is 6.74. The van der Waals surface area contributed by atoms with Crippen LogP contribution in [-0.4, -0.2) is 13.6 Å². The minimum atomic E-state index is 0.111. The quantitative estimate of drug-likeness (QED) is 0.433. The Hall–Kier alpha value is -2.06. The van der Waals surface area contributed by atoms with Crippen LogP contribution in [0.2, 0.25) is 0 Å². The molecule has 3 aromatic rings. The molecule has 1 nitrogen and oxygen atoms in total. The molecule has 2 aliphatic rings. The molecule has 1 aliphatic heterocycles. The van der Waals surface area contributed by atoms with Crippen molar-refractivity contribution in [3.05, 3.63) is 100 Å². The van der Waals surface area contributed by atoms with E-state index in [1.807, 2.05) is 0 Å². The zero-order chi connectivity index (χ0) is 19.3. The molecule has 1 spiro atoms. The molecule has 0 aromatic heterocycles. The summed E-state index contributed by atoms with van der Waals surface area (Å²) in [6.07, 6.45) is 1.23. The van der Waals surface area contributed by atoms with E-state index in [0.29, 0.717) is 17.8 Å². The molecule has 1 heterocycles. The molecule has 0 saturated heterocycles.